The van der Waals surface area contributed by atoms with Gasteiger partial charge in [-0.05, 0) is 49.6 Å². The van der Waals surface area contributed by atoms with Crippen molar-refractivity contribution in [2.75, 3.05) is 109 Å². The summed E-state index contributed by atoms with van der Waals surface area (Å²) in [5.74, 6) is -1.09. The number of benzene rings is 1. The molecule has 3 aliphatic heterocycles. The first-order valence-corrected chi connectivity index (χ1v) is 21.8. The number of hydrogen-bond donors (Lipinski definition) is 3. The van der Waals surface area contributed by atoms with Crippen molar-refractivity contribution in [3.63, 3.8) is 0 Å². The number of nitrogens with zero attached hydrogens (tertiary/aromatic N) is 8. The molecule has 63 heavy (non-hydrogen) atoms. The van der Waals surface area contributed by atoms with Crippen LogP contribution in [0.2, 0.25) is 0 Å². The Labute approximate surface area is 365 Å². The minimum absolute atomic E-state index is 0.0347. The van der Waals surface area contributed by atoms with Gasteiger partial charge in [-0.1, -0.05) is 18.9 Å². The van der Waals surface area contributed by atoms with Crippen molar-refractivity contribution in [1.82, 2.24) is 39.5 Å². The molecule has 1 aromatic carbocycles. The first-order valence-electron chi connectivity index (χ1n) is 21.8. The van der Waals surface area contributed by atoms with Crippen LogP contribution in [0.5, 0.6) is 0 Å². The third-order valence-corrected chi connectivity index (χ3v) is 11.9. The van der Waals surface area contributed by atoms with Crippen molar-refractivity contribution < 1.29 is 38.2 Å². The van der Waals surface area contributed by atoms with E-state index >= 15 is 0 Å². The fourth-order valence-electron chi connectivity index (χ4n) is 8.64. The molecule has 1 saturated carbocycles. The number of pyridine rings is 1. The summed E-state index contributed by atoms with van der Waals surface area (Å²) in [7, 11) is 3.54. The number of aromatic nitrogens is 4. The number of hydrogen-bond acceptors (Lipinski definition) is 15. The smallest absolute Gasteiger partial charge is 0.270 e. The molecule has 3 aromatic heterocycles. The maximum Gasteiger partial charge on any atom is 0.270 e. The summed E-state index contributed by atoms with van der Waals surface area (Å²) in [6, 6.07) is 10.1. The van der Waals surface area contributed by atoms with Gasteiger partial charge in [0.15, 0.2) is 0 Å². The lowest BCUT2D eigenvalue weighted by Crippen LogP contribution is -2.54. The van der Waals surface area contributed by atoms with Gasteiger partial charge in [-0.2, -0.15) is 4.98 Å². The minimum atomic E-state index is -1.01. The van der Waals surface area contributed by atoms with Crippen molar-refractivity contribution >= 4 is 63.7 Å². The summed E-state index contributed by atoms with van der Waals surface area (Å²) in [6.45, 7) is 7.52. The highest BCUT2D eigenvalue weighted by Crippen LogP contribution is 2.35. The molecule has 3 fully saturated rings. The van der Waals surface area contributed by atoms with E-state index in [4.69, 9.17) is 19.2 Å². The van der Waals surface area contributed by atoms with Crippen LogP contribution in [0.3, 0.4) is 0 Å². The monoisotopic (exact) mass is 865 g/mol. The van der Waals surface area contributed by atoms with Gasteiger partial charge >= 0.3 is 0 Å². The Hall–Kier alpha value is -6.02. The number of piperidine rings is 1. The van der Waals surface area contributed by atoms with Crippen LogP contribution in [-0.4, -0.2) is 163 Å². The van der Waals surface area contributed by atoms with Gasteiger partial charge in [-0.3, -0.25) is 39.1 Å². The molecule has 8 rings (SSSR count). The Morgan fingerprint density at radius 1 is 0.857 bits per heavy atom. The number of amides is 5. The Morgan fingerprint density at radius 2 is 1.60 bits per heavy atom. The van der Waals surface area contributed by atoms with Gasteiger partial charge in [0.2, 0.25) is 17.8 Å². The number of nitrogens with one attached hydrogen (secondary N) is 3. The molecule has 4 aliphatic rings. The van der Waals surface area contributed by atoms with Crippen LogP contribution in [0.1, 0.15) is 75.8 Å². The zero-order chi connectivity index (χ0) is 43.9. The molecule has 19 heteroatoms. The summed E-state index contributed by atoms with van der Waals surface area (Å²) < 4.78 is 19.3. The molecule has 6 heterocycles. The number of imide groups is 2. The number of piperazine rings is 1. The van der Waals surface area contributed by atoms with E-state index in [1.54, 1.807) is 43.4 Å². The van der Waals surface area contributed by atoms with Gasteiger partial charge in [0.1, 0.15) is 23.2 Å². The fourth-order valence-corrected chi connectivity index (χ4v) is 8.64. The minimum Gasteiger partial charge on any atom is -0.382 e. The predicted octanol–water partition coefficient (Wildman–Crippen LogP) is 3.07. The third-order valence-electron chi connectivity index (χ3n) is 11.9. The Bertz CT molecular complexity index is 2300. The predicted molar refractivity (Wildman–Crippen MR) is 233 cm³/mol. The topological polar surface area (TPSA) is 206 Å². The standard InChI is InChI=1S/C44H55N11O8/c1-51(2)42(59)35-26-29-27-47-44(50-39(29)54(35)30-6-3-4-7-30)48-36-12-10-31(28-46-36)53-17-15-52(16-18-53)19-21-62-23-25-63-24-22-61-20-14-45-33-9-5-8-32-38(33)43(60)55(41(32)58)34-11-13-37(56)49-40(34)57/h5,8-10,12,26-28,30,34,45H,3-4,6-7,11,13-25H2,1-2H3,(H,49,56,57)(H,46,47,48,50). The number of ether oxygens (including phenoxy) is 3. The second-order valence-corrected chi connectivity index (χ2v) is 16.3. The highest BCUT2D eigenvalue weighted by atomic mass is 16.5. The van der Waals surface area contributed by atoms with Gasteiger partial charge in [0.25, 0.3) is 17.7 Å². The molecule has 2 saturated heterocycles. The van der Waals surface area contributed by atoms with Gasteiger partial charge in [-0.15, -0.1) is 0 Å². The summed E-state index contributed by atoms with van der Waals surface area (Å²) in [5.41, 5.74) is 3.40. The number of anilines is 4. The average molecular weight is 866 g/mol. The van der Waals surface area contributed by atoms with Crippen LogP contribution >= 0.6 is 0 Å². The van der Waals surface area contributed by atoms with E-state index in [0.717, 1.165) is 80.0 Å². The fraction of sp³-hybridized carbons (Fsp3) is 0.500. The van der Waals surface area contributed by atoms with E-state index < -0.39 is 29.7 Å². The van der Waals surface area contributed by atoms with Crippen LogP contribution < -0.4 is 20.9 Å². The summed E-state index contributed by atoms with van der Waals surface area (Å²) in [5, 5.41) is 9.48. The Kier molecular flexibility index (Phi) is 13.8. The van der Waals surface area contributed by atoms with E-state index in [2.05, 4.69) is 46.4 Å². The zero-order valence-electron chi connectivity index (χ0n) is 35.8. The first kappa shape index (κ1) is 43.6. The average Bonchev–Trinajstić information content (AvgIpc) is 4.01. The first-order chi connectivity index (χ1) is 30.7. The van der Waals surface area contributed by atoms with E-state index in [0.29, 0.717) is 69.3 Å². The van der Waals surface area contributed by atoms with Crippen LogP contribution in [0.4, 0.5) is 23.1 Å². The molecule has 1 aliphatic carbocycles. The molecule has 4 aromatic rings. The van der Waals surface area contributed by atoms with Crippen molar-refractivity contribution in [2.45, 2.75) is 50.6 Å². The van der Waals surface area contributed by atoms with Gasteiger partial charge < -0.3 is 39.2 Å². The Balaban J connectivity index is 0.683. The van der Waals surface area contributed by atoms with Crippen LogP contribution in [0, 0.1) is 0 Å². The van der Waals surface area contributed by atoms with Crippen LogP contribution in [0.15, 0.2) is 48.8 Å². The second kappa shape index (κ2) is 20.0. The molecule has 5 amide bonds. The lowest BCUT2D eigenvalue weighted by Gasteiger charge is -2.35. The highest BCUT2D eigenvalue weighted by molar-refractivity contribution is 6.25. The molecule has 1 unspecified atom stereocenters. The van der Waals surface area contributed by atoms with Gasteiger partial charge in [-0.25, -0.2) is 9.97 Å². The van der Waals surface area contributed by atoms with Crippen molar-refractivity contribution in [2.24, 2.45) is 0 Å². The molecule has 3 N–H and O–H groups in total. The van der Waals surface area contributed by atoms with Gasteiger partial charge in [0.05, 0.1) is 62.7 Å². The number of rotatable bonds is 19. The molecular weight excluding hydrogens is 811 g/mol. The summed E-state index contributed by atoms with van der Waals surface area (Å²) in [6.07, 6.45) is 8.17. The number of fused-ring (bicyclic) bond motifs is 2. The molecule has 19 nitrogen and oxygen atoms in total. The molecule has 0 spiro atoms. The van der Waals surface area contributed by atoms with E-state index in [1.165, 1.54) is 0 Å². The molecule has 0 radical (unpaired) electrons. The molecule has 0 bridgehead atoms. The van der Waals surface area contributed by atoms with E-state index in [9.17, 15) is 24.0 Å². The lowest BCUT2D eigenvalue weighted by molar-refractivity contribution is -0.136. The highest BCUT2D eigenvalue weighted by Gasteiger charge is 2.45. The van der Waals surface area contributed by atoms with Crippen LogP contribution in [-0.2, 0) is 23.8 Å². The quantitative estimate of drug-likeness (QED) is 0.0916. The molecule has 334 valence electrons. The van der Waals surface area contributed by atoms with Crippen molar-refractivity contribution in [3.8, 4) is 0 Å². The summed E-state index contributed by atoms with van der Waals surface area (Å²) >= 11 is 0. The number of carbonyl (C=O) groups excluding carboxylic acids is 5. The Morgan fingerprint density at radius 3 is 2.32 bits per heavy atom. The maximum absolute atomic E-state index is 13.2. The largest absolute Gasteiger partial charge is 0.382 e. The maximum atomic E-state index is 13.2. The van der Waals surface area contributed by atoms with Crippen molar-refractivity contribution in [1.29, 1.82) is 0 Å². The molecular formula is C44H55N11O8. The van der Waals surface area contributed by atoms with Gasteiger partial charge in [0, 0.05) is 83.1 Å². The zero-order valence-corrected chi connectivity index (χ0v) is 35.8. The number of carbonyl (C=O) groups is 5. The lowest BCUT2D eigenvalue weighted by atomic mass is 10.0. The molecule has 1 atom stereocenters. The van der Waals surface area contributed by atoms with Crippen molar-refractivity contribution in [3.05, 3.63) is 65.6 Å². The summed E-state index contributed by atoms with van der Waals surface area (Å²) in [4.78, 5) is 84.6. The SMILES string of the molecule is CN(C)C(=O)c1cc2cnc(Nc3ccc(N4CCN(CCOCCOCCOCCNc5cccc6c5C(=O)N(C5CCC(=O)NC5=O)C6=O)CC4)cn3)nc2n1C1CCCC1. The van der Waals surface area contributed by atoms with E-state index in [-0.39, 0.29) is 35.9 Å². The van der Waals surface area contributed by atoms with E-state index in [1.807, 2.05) is 18.3 Å². The normalized spacial score (nSPS) is 18.3. The second-order valence-electron chi connectivity index (χ2n) is 16.3. The third kappa shape index (κ3) is 9.96. The van der Waals surface area contributed by atoms with Crippen LogP contribution in [0.25, 0.3) is 11.0 Å².